The van der Waals surface area contributed by atoms with Crippen LogP contribution in [0.4, 0.5) is 8.78 Å². The van der Waals surface area contributed by atoms with Crippen LogP contribution in [-0.2, 0) is 0 Å². The van der Waals surface area contributed by atoms with Crippen LogP contribution < -0.4 is 0 Å². The predicted octanol–water partition coefficient (Wildman–Crippen LogP) is 3.08. The summed E-state index contributed by atoms with van der Waals surface area (Å²) < 4.78 is 29.1. The summed E-state index contributed by atoms with van der Waals surface area (Å²) in [5.74, 6) is -0.541. The van der Waals surface area contributed by atoms with Gasteiger partial charge < -0.3 is 9.52 Å². The topological polar surface area (TPSA) is 33.4 Å². The van der Waals surface area contributed by atoms with Crippen LogP contribution >= 0.6 is 0 Å². The molecule has 0 bridgehead atoms. The monoisotopic (exact) mass is 184 g/mol. The highest BCUT2D eigenvalue weighted by atomic mass is 19.3. The Morgan fingerprint density at radius 1 is 1.31 bits per heavy atom. The molecule has 1 N–H and O–H groups in total. The fraction of sp³-hybridized carbons (Fsp3) is 0.111. The maximum Gasteiger partial charge on any atom is 0.295 e. The molecule has 68 valence electrons. The average molecular weight is 184 g/mol. The molecule has 2 nitrogen and oxygen atoms in total. The normalized spacial score (nSPS) is 11.3. The molecule has 4 heteroatoms. The summed E-state index contributed by atoms with van der Waals surface area (Å²) in [5.41, 5.74) is 0.109. The molecule has 0 amide bonds. The van der Waals surface area contributed by atoms with Crippen LogP contribution in [0.1, 0.15) is 12.2 Å². The number of hydrogen-bond donors (Lipinski definition) is 1. The second-order valence-electron chi connectivity index (χ2n) is 2.64. The third-order valence-electron chi connectivity index (χ3n) is 1.76. The Hall–Kier alpha value is -1.58. The molecule has 0 radical (unpaired) electrons. The van der Waals surface area contributed by atoms with E-state index in [9.17, 15) is 13.9 Å². The number of fused-ring (bicyclic) bond motifs is 1. The van der Waals surface area contributed by atoms with E-state index in [1.165, 1.54) is 12.1 Å². The smallest absolute Gasteiger partial charge is 0.295 e. The Bertz CT molecular complexity index is 434. The molecule has 0 atom stereocenters. The van der Waals surface area contributed by atoms with Crippen molar-refractivity contribution in [1.29, 1.82) is 0 Å². The lowest BCUT2D eigenvalue weighted by atomic mass is 10.2. The van der Waals surface area contributed by atoms with Crippen LogP contribution in [0.2, 0.25) is 0 Å². The minimum atomic E-state index is -2.65. The number of rotatable bonds is 1. The summed E-state index contributed by atoms with van der Waals surface area (Å²) in [6.07, 6.45) is -2.65. The SMILES string of the molecule is Oc1cccc2cc(C(F)F)oc12. The third-order valence-corrected chi connectivity index (χ3v) is 1.76. The summed E-state index contributed by atoms with van der Waals surface area (Å²) in [4.78, 5) is 0. The van der Waals surface area contributed by atoms with Gasteiger partial charge in [-0.2, -0.15) is 0 Å². The molecule has 0 aliphatic rings. The molecule has 2 aromatic rings. The van der Waals surface area contributed by atoms with Gasteiger partial charge in [0, 0.05) is 5.39 Å². The van der Waals surface area contributed by atoms with Crippen LogP contribution in [0.5, 0.6) is 5.75 Å². The minimum absolute atomic E-state index is 0.109. The standard InChI is InChI=1S/C9H6F2O2/c10-9(11)7-4-5-2-1-3-6(12)8(5)13-7/h1-4,9,12H. The fourth-order valence-corrected chi connectivity index (χ4v) is 1.18. The molecule has 0 unspecified atom stereocenters. The van der Waals surface area contributed by atoms with Crippen molar-refractivity contribution in [3.63, 3.8) is 0 Å². The summed E-state index contributed by atoms with van der Waals surface area (Å²) in [6, 6.07) is 5.79. The predicted molar refractivity (Wildman–Crippen MR) is 42.8 cm³/mol. The van der Waals surface area contributed by atoms with E-state index in [0.29, 0.717) is 5.39 Å². The molecule has 0 aliphatic carbocycles. The fourth-order valence-electron chi connectivity index (χ4n) is 1.18. The summed E-state index contributed by atoms with van der Waals surface area (Å²) in [7, 11) is 0. The number of furan rings is 1. The zero-order chi connectivity index (χ0) is 9.42. The molecule has 0 saturated heterocycles. The van der Waals surface area contributed by atoms with E-state index in [1.807, 2.05) is 0 Å². The maximum atomic E-state index is 12.2. The van der Waals surface area contributed by atoms with Crippen LogP contribution in [0.25, 0.3) is 11.0 Å². The van der Waals surface area contributed by atoms with Crippen molar-refractivity contribution in [2.75, 3.05) is 0 Å². The first kappa shape index (κ1) is 8.04. The van der Waals surface area contributed by atoms with E-state index in [2.05, 4.69) is 0 Å². The molecular weight excluding hydrogens is 178 g/mol. The van der Waals surface area contributed by atoms with Gasteiger partial charge in [-0.3, -0.25) is 0 Å². The molecule has 0 spiro atoms. The molecule has 1 aromatic carbocycles. The number of aromatic hydroxyl groups is 1. The van der Waals surface area contributed by atoms with E-state index < -0.39 is 12.2 Å². The molecule has 0 aliphatic heterocycles. The largest absolute Gasteiger partial charge is 0.504 e. The Labute approximate surface area is 72.4 Å². The molecule has 2 rings (SSSR count). The highest BCUT2D eigenvalue weighted by molar-refractivity contribution is 5.83. The van der Waals surface area contributed by atoms with Crippen molar-refractivity contribution >= 4 is 11.0 Å². The van der Waals surface area contributed by atoms with E-state index in [-0.39, 0.29) is 11.3 Å². The van der Waals surface area contributed by atoms with Gasteiger partial charge >= 0.3 is 0 Å². The van der Waals surface area contributed by atoms with Crippen molar-refractivity contribution < 1.29 is 18.3 Å². The number of halogens is 2. The first-order chi connectivity index (χ1) is 6.18. The summed E-state index contributed by atoms with van der Waals surface area (Å²) in [6.45, 7) is 0. The van der Waals surface area contributed by atoms with Crippen molar-refractivity contribution in [3.8, 4) is 5.75 Å². The quantitative estimate of drug-likeness (QED) is 0.738. The lowest BCUT2D eigenvalue weighted by Crippen LogP contribution is -1.75. The molecule has 0 saturated carbocycles. The Balaban J connectivity index is 2.68. The number of para-hydroxylation sites is 1. The van der Waals surface area contributed by atoms with Gasteiger partial charge in [-0.15, -0.1) is 0 Å². The summed E-state index contributed by atoms with van der Waals surface area (Å²) in [5, 5.41) is 9.71. The zero-order valence-electron chi connectivity index (χ0n) is 6.50. The van der Waals surface area contributed by atoms with Crippen molar-refractivity contribution in [3.05, 3.63) is 30.0 Å². The second kappa shape index (κ2) is 2.73. The Kier molecular flexibility index (Phi) is 1.69. The zero-order valence-corrected chi connectivity index (χ0v) is 6.50. The first-order valence-corrected chi connectivity index (χ1v) is 3.68. The Morgan fingerprint density at radius 2 is 2.08 bits per heavy atom. The Morgan fingerprint density at radius 3 is 2.69 bits per heavy atom. The van der Waals surface area contributed by atoms with Crippen molar-refractivity contribution in [2.24, 2.45) is 0 Å². The lowest BCUT2D eigenvalue weighted by molar-refractivity contribution is 0.124. The van der Waals surface area contributed by atoms with Crippen LogP contribution in [-0.4, -0.2) is 5.11 Å². The first-order valence-electron chi connectivity index (χ1n) is 3.68. The van der Waals surface area contributed by atoms with E-state index in [4.69, 9.17) is 4.42 Å². The van der Waals surface area contributed by atoms with Crippen LogP contribution in [0.3, 0.4) is 0 Å². The van der Waals surface area contributed by atoms with Crippen LogP contribution in [0.15, 0.2) is 28.7 Å². The van der Waals surface area contributed by atoms with E-state index in [0.717, 1.165) is 0 Å². The second-order valence-corrected chi connectivity index (χ2v) is 2.64. The van der Waals surface area contributed by atoms with Crippen molar-refractivity contribution in [1.82, 2.24) is 0 Å². The van der Waals surface area contributed by atoms with E-state index in [1.54, 1.807) is 12.1 Å². The van der Waals surface area contributed by atoms with Gasteiger partial charge in [0.1, 0.15) is 0 Å². The van der Waals surface area contributed by atoms with Gasteiger partial charge in [-0.1, -0.05) is 12.1 Å². The molecule has 1 heterocycles. The summed E-state index contributed by atoms with van der Waals surface area (Å²) >= 11 is 0. The average Bonchev–Trinajstić information content (AvgIpc) is 2.49. The van der Waals surface area contributed by atoms with Gasteiger partial charge in [0.05, 0.1) is 0 Å². The van der Waals surface area contributed by atoms with Gasteiger partial charge in [-0.25, -0.2) is 8.78 Å². The van der Waals surface area contributed by atoms with E-state index >= 15 is 0 Å². The number of benzene rings is 1. The number of phenolic OH excluding ortho intramolecular Hbond substituents is 1. The molecule has 1 aromatic heterocycles. The molecular formula is C9H6F2O2. The van der Waals surface area contributed by atoms with Crippen molar-refractivity contribution in [2.45, 2.75) is 6.43 Å². The third kappa shape index (κ3) is 1.24. The minimum Gasteiger partial charge on any atom is -0.504 e. The van der Waals surface area contributed by atoms with Gasteiger partial charge in [0.2, 0.25) is 0 Å². The van der Waals surface area contributed by atoms with Gasteiger partial charge in [-0.05, 0) is 12.1 Å². The lowest BCUT2D eigenvalue weighted by Gasteiger charge is -1.91. The molecule has 13 heavy (non-hydrogen) atoms. The molecule has 0 fully saturated rings. The van der Waals surface area contributed by atoms with Crippen LogP contribution in [0, 0.1) is 0 Å². The highest BCUT2D eigenvalue weighted by Gasteiger charge is 2.14. The maximum absolute atomic E-state index is 12.2. The number of phenols is 1. The van der Waals surface area contributed by atoms with Gasteiger partial charge in [0.15, 0.2) is 17.1 Å². The van der Waals surface area contributed by atoms with Gasteiger partial charge in [0.25, 0.3) is 6.43 Å². The highest BCUT2D eigenvalue weighted by Crippen LogP contribution is 2.31. The number of alkyl halides is 2. The number of hydrogen-bond acceptors (Lipinski definition) is 2.